The molecule has 2 amide bonds. The van der Waals surface area contributed by atoms with Gasteiger partial charge in [-0.05, 0) is 87.1 Å². The second-order valence-corrected chi connectivity index (χ2v) is 10.1. The third-order valence-corrected chi connectivity index (χ3v) is 6.44. The largest absolute Gasteiger partial charge is 0.444 e. The number of anilines is 1. The lowest BCUT2D eigenvalue weighted by Crippen LogP contribution is -2.48. The molecule has 4 rings (SSSR count). The van der Waals surface area contributed by atoms with E-state index in [2.05, 4.69) is 36.1 Å². The Morgan fingerprint density at radius 3 is 2.47 bits per heavy atom. The number of amides is 2. The van der Waals surface area contributed by atoms with Gasteiger partial charge in [0, 0.05) is 31.7 Å². The predicted octanol–water partition coefficient (Wildman–Crippen LogP) is 5.03. The van der Waals surface area contributed by atoms with Gasteiger partial charge in [0.15, 0.2) is 0 Å². The molecule has 1 aromatic rings. The van der Waals surface area contributed by atoms with Crippen molar-refractivity contribution in [2.24, 2.45) is 11.8 Å². The van der Waals surface area contributed by atoms with E-state index in [9.17, 15) is 9.59 Å². The van der Waals surface area contributed by atoms with Crippen LogP contribution < -0.4 is 4.90 Å². The molecule has 0 aromatic heterocycles. The van der Waals surface area contributed by atoms with Crippen LogP contribution in [0.4, 0.5) is 10.5 Å². The van der Waals surface area contributed by atoms with Crippen molar-refractivity contribution in [3.63, 3.8) is 0 Å². The standard InChI is InChI=1S/C25H34N2O3/c1-16-14-21-15-20(8-9-22(21)27(17(2)28)23(16)19-6-7-19)18-10-12-26(13-11-18)24(29)30-25(3,4)5/h8-10,15-16,19,23H,6-7,11-14H2,1-5H3/t16-,23-/m1/s1. The van der Waals surface area contributed by atoms with Crippen molar-refractivity contribution in [1.29, 1.82) is 0 Å². The van der Waals surface area contributed by atoms with Crippen LogP contribution in [0.3, 0.4) is 0 Å². The van der Waals surface area contributed by atoms with Gasteiger partial charge in [0.2, 0.25) is 5.91 Å². The molecule has 0 unspecified atom stereocenters. The van der Waals surface area contributed by atoms with Crippen LogP contribution in [0.5, 0.6) is 0 Å². The summed E-state index contributed by atoms with van der Waals surface area (Å²) in [6.07, 6.45) is 6.21. The Labute approximate surface area is 180 Å². The second-order valence-electron chi connectivity index (χ2n) is 10.1. The van der Waals surface area contributed by atoms with Crippen LogP contribution in [0.15, 0.2) is 24.3 Å². The number of ether oxygens (including phenoxy) is 1. The summed E-state index contributed by atoms with van der Waals surface area (Å²) in [4.78, 5) is 28.6. The first-order chi connectivity index (χ1) is 14.1. The van der Waals surface area contributed by atoms with Crippen LogP contribution in [0.25, 0.3) is 5.57 Å². The summed E-state index contributed by atoms with van der Waals surface area (Å²) < 4.78 is 5.49. The van der Waals surface area contributed by atoms with Gasteiger partial charge in [0.25, 0.3) is 0 Å². The van der Waals surface area contributed by atoms with Crippen molar-refractivity contribution < 1.29 is 14.3 Å². The van der Waals surface area contributed by atoms with Crippen molar-refractivity contribution in [1.82, 2.24) is 4.90 Å². The zero-order valence-electron chi connectivity index (χ0n) is 18.9. The summed E-state index contributed by atoms with van der Waals surface area (Å²) >= 11 is 0. The highest BCUT2D eigenvalue weighted by Crippen LogP contribution is 2.45. The van der Waals surface area contributed by atoms with Gasteiger partial charge in [-0.15, -0.1) is 0 Å². The highest BCUT2D eigenvalue weighted by atomic mass is 16.6. The molecular formula is C25H34N2O3. The minimum absolute atomic E-state index is 0.150. The quantitative estimate of drug-likeness (QED) is 0.687. The van der Waals surface area contributed by atoms with Crippen LogP contribution in [0.1, 0.15) is 65.0 Å². The van der Waals surface area contributed by atoms with Gasteiger partial charge in [0.05, 0.1) is 0 Å². The molecule has 2 heterocycles. The molecule has 0 saturated heterocycles. The molecule has 3 aliphatic rings. The van der Waals surface area contributed by atoms with E-state index < -0.39 is 5.60 Å². The summed E-state index contributed by atoms with van der Waals surface area (Å²) in [5.74, 6) is 1.29. The van der Waals surface area contributed by atoms with Crippen molar-refractivity contribution in [3.8, 4) is 0 Å². The Balaban J connectivity index is 1.53. The first kappa shape index (κ1) is 21.0. The van der Waals surface area contributed by atoms with E-state index >= 15 is 0 Å². The maximum absolute atomic E-state index is 12.5. The van der Waals surface area contributed by atoms with Crippen molar-refractivity contribution >= 4 is 23.3 Å². The molecule has 0 radical (unpaired) electrons. The van der Waals surface area contributed by atoms with Crippen molar-refractivity contribution in [3.05, 3.63) is 35.4 Å². The van der Waals surface area contributed by atoms with E-state index in [1.807, 2.05) is 20.8 Å². The molecule has 2 aliphatic heterocycles. The maximum Gasteiger partial charge on any atom is 0.410 e. The average molecular weight is 411 g/mol. The van der Waals surface area contributed by atoms with Crippen LogP contribution in [-0.4, -0.2) is 41.6 Å². The van der Waals surface area contributed by atoms with E-state index in [4.69, 9.17) is 4.74 Å². The van der Waals surface area contributed by atoms with Crippen LogP contribution in [0.2, 0.25) is 0 Å². The molecule has 1 aromatic carbocycles. The van der Waals surface area contributed by atoms with Crippen LogP contribution in [0, 0.1) is 11.8 Å². The Kier molecular flexibility index (Phi) is 5.41. The number of nitrogens with zero attached hydrogens (tertiary/aromatic N) is 2. The summed E-state index contributed by atoms with van der Waals surface area (Å²) in [6, 6.07) is 6.88. The fourth-order valence-corrected chi connectivity index (χ4v) is 4.98. The molecule has 5 nitrogen and oxygen atoms in total. The fraction of sp³-hybridized carbons (Fsp3) is 0.600. The lowest BCUT2D eigenvalue weighted by atomic mass is 9.83. The molecule has 5 heteroatoms. The summed E-state index contributed by atoms with van der Waals surface area (Å²) in [6.45, 7) is 10.9. The lowest BCUT2D eigenvalue weighted by Gasteiger charge is -2.41. The van der Waals surface area contributed by atoms with Gasteiger partial charge in [-0.25, -0.2) is 4.79 Å². The Morgan fingerprint density at radius 1 is 1.17 bits per heavy atom. The third-order valence-electron chi connectivity index (χ3n) is 6.44. The number of carbonyl (C=O) groups is 2. The maximum atomic E-state index is 12.5. The molecule has 0 bridgehead atoms. The molecule has 2 atom stereocenters. The van der Waals surface area contributed by atoms with Gasteiger partial charge in [-0.3, -0.25) is 4.79 Å². The van der Waals surface area contributed by atoms with Gasteiger partial charge in [-0.2, -0.15) is 0 Å². The summed E-state index contributed by atoms with van der Waals surface area (Å²) in [5, 5.41) is 0. The molecule has 0 N–H and O–H groups in total. The smallest absolute Gasteiger partial charge is 0.410 e. The Hall–Kier alpha value is -2.30. The summed E-state index contributed by atoms with van der Waals surface area (Å²) in [7, 11) is 0. The van der Waals surface area contributed by atoms with Gasteiger partial charge < -0.3 is 14.5 Å². The highest BCUT2D eigenvalue weighted by Gasteiger charge is 2.43. The predicted molar refractivity (Wildman–Crippen MR) is 119 cm³/mol. The number of hydrogen-bond acceptors (Lipinski definition) is 3. The monoisotopic (exact) mass is 410 g/mol. The number of hydrogen-bond donors (Lipinski definition) is 0. The number of carbonyl (C=O) groups excluding carboxylic acids is 2. The molecule has 1 fully saturated rings. The minimum atomic E-state index is -0.475. The van der Waals surface area contributed by atoms with Gasteiger partial charge >= 0.3 is 6.09 Å². The first-order valence-electron chi connectivity index (χ1n) is 11.2. The van der Waals surface area contributed by atoms with Crippen LogP contribution >= 0.6 is 0 Å². The molecule has 30 heavy (non-hydrogen) atoms. The number of fused-ring (bicyclic) bond motifs is 1. The average Bonchev–Trinajstić information content (AvgIpc) is 3.50. The molecular weight excluding hydrogens is 376 g/mol. The van der Waals surface area contributed by atoms with Crippen LogP contribution in [-0.2, 0) is 16.0 Å². The number of rotatable bonds is 2. The topological polar surface area (TPSA) is 49.9 Å². The molecule has 1 aliphatic carbocycles. The van der Waals surface area contributed by atoms with Crippen molar-refractivity contribution in [2.45, 2.75) is 71.9 Å². The molecule has 162 valence electrons. The Morgan fingerprint density at radius 2 is 1.90 bits per heavy atom. The van der Waals surface area contributed by atoms with E-state index in [0.29, 0.717) is 31.0 Å². The van der Waals surface area contributed by atoms with Gasteiger partial charge in [-0.1, -0.05) is 19.1 Å². The highest BCUT2D eigenvalue weighted by molar-refractivity contribution is 5.94. The van der Waals surface area contributed by atoms with E-state index in [1.54, 1.807) is 11.8 Å². The SMILES string of the molecule is CC(=O)N1c2ccc(C3=CCN(C(=O)OC(C)(C)C)CC3)cc2C[C@@H](C)[C@@H]1C1CC1. The number of benzene rings is 1. The second kappa shape index (κ2) is 7.75. The zero-order chi connectivity index (χ0) is 21.6. The zero-order valence-corrected chi connectivity index (χ0v) is 18.9. The van der Waals surface area contributed by atoms with E-state index in [1.165, 1.54) is 29.5 Å². The van der Waals surface area contributed by atoms with E-state index in [0.717, 1.165) is 18.5 Å². The normalized spacial score (nSPS) is 24.2. The third kappa shape index (κ3) is 4.26. The van der Waals surface area contributed by atoms with Gasteiger partial charge in [0.1, 0.15) is 5.60 Å². The molecule has 0 spiro atoms. The van der Waals surface area contributed by atoms with Crippen molar-refractivity contribution in [2.75, 3.05) is 18.0 Å². The molecule has 1 saturated carbocycles. The lowest BCUT2D eigenvalue weighted by molar-refractivity contribution is -0.117. The minimum Gasteiger partial charge on any atom is -0.444 e. The fourth-order valence-electron chi connectivity index (χ4n) is 4.98. The first-order valence-corrected chi connectivity index (χ1v) is 11.2. The summed E-state index contributed by atoms with van der Waals surface area (Å²) in [5.41, 5.74) is 4.36. The Bertz CT molecular complexity index is 879. The van der Waals surface area contributed by atoms with E-state index in [-0.39, 0.29) is 12.0 Å².